The Kier molecular flexibility index (Phi) is 3.42. The third kappa shape index (κ3) is 2.61. The van der Waals surface area contributed by atoms with Crippen molar-refractivity contribution < 1.29 is 9.84 Å². The van der Waals surface area contributed by atoms with Crippen molar-refractivity contribution in [2.24, 2.45) is 0 Å². The lowest BCUT2D eigenvalue weighted by molar-refractivity contribution is 0.122. The van der Waals surface area contributed by atoms with Crippen LogP contribution in [0.1, 0.15) is 0 Å². The maximum atomic E-state index is 8.70. The number of aliphatic hydroxyl groups excluding tert-OH is 1. The summed E-state index contributed by atoms with van der Waals surface area (Å²) in [5.41, 5.74) is 2.15. The lowest BCUT2D eigenvalue weighted by Crippen LogP contribution is -2.36. The first-order valence-electron chi connectivity index (χ1n) is 5.17. The number of aliphatic hydroxyl groups is 1. The van der Waals surface area contributed by atoms with Gasteiger partial charge in [0, 0.05) is 24.5 Å². The zero-order valence-corrected chi connectivity index (χ0v) is 8.65. The van der Waals surface area contributed by atoms with Gasteiger partial charge in [-0.05, 0) is 24.3 Å². The molecule has 4 nitrogen and oxygen atoms in total. The Labute approximate surface area is 89.5 Å². The van der Waals surface area contributed by atoms with Crippen molar-refractivity contribution in [2.45, 2.75) is 0 Å². The summed E-state index contributed by atoms with van der Waals surface area (Å²) in [6, 6.07) is 8.06. The van der Waals surface area contributed by atoms with Crippen LogP contribution in [0.15, 0.2) is 24.3 Å². The van der Waals surface area contributed by atoms with E-state index < -0.39 is 0 Å². The van der Waals surface area contributed by atoms with E-state index in [1.54, 1.807) is 0 Å². The van der Waals surface area contributed by atoms with Crippen LogP contribution in [-0.2, 0) is 4.74 Å². The molecule has 1 aliphatic heterocycles. The first-order chi connectivity index (χ1) is 7.40. The van der Waals surface area contributed by atoms with Gasteiger partial charge in [0.1, 0.15) is 6.73 Å². The summed E-state index contributed by atoms with van der Waals surface area (Å²) in [4.78, 5) is 2.30. The van der Waals surface area contributed by atoms with E-state index in [0.29, 0.717) is 0 Å². The number of morpholine rings is 1. The number of rotatable bonds is 3. The molecule has 2 rings (SSSR count). The molecule has 4 heteroatoms. The average molecular weight is 208 g/mol. The molecule has 1 heterocycles. The van der Waals surface area contributed by atoms with Crippen molar-refractivity contribution in [3.05, 3.63) is 24.3 Å². The third-order valence-corrected chi connectivity index (χ3v) is 2.53. The van der Waals surface area contributed by atoms with Gasteiger partial charge in [0.05, 0.1) is 13.2 Å². The minimum atomic E-state index is -0.0309. The van der Waals surface area contributed by atoms with Crippen molar-refractivity contribution in [2.75, 3.05) is 43.3 Å². The van der Waals surface area contributed by atoms with Crippen LogP contribution in [0.4, 0.5) is 11.4 Å². The number of anilines is 2. The zero-order chi connectivity index (χ0) is 10.5. The molecule has 0 radical (unpaired) electrons. The van der Waals surface area contributed by atoms with E-state index in [1.165, 1.54) is 5.69 Å². The van der Waals surface area contributed by atoms with Crippen LogP contribution < -0.4 is 10.2 Å². The minimum absolute atomic E-state index is 0.0309. The van der Waals surface area contributed by atoms with Gasteiger partial charge in [-0.1, -0.05) is 0 Å². The van der Waals surface area contributed by atoms with Gasteiger partial charge in [0.25, 0.3) is 0 Å². The fraction of sp³-hybridized carbons (Fsp3) is 0.455. The number of benzene rings is 1. The highest BCUT2D eigenvalue weighted by Gasteiger charge is 2.10. The van der Waals surface area contributed by atoms with Crippen molar-refractivity contribution in [3.63, 3.8) is 0 Å². The van der Waals surface area contributed by atoms with Crippen molar-refractivity contribution in [1.82, 2.24) is 0 Å². The molecule has 1 aliphatic rings. The molecule has 0 aliphatic carbocycles. The van der Waals surface area contributed by atoms with Gasteiger partial charge < -0.3 is 20.1 Å². The summed E-state index contributed by atoms with van der Waals surface area (Å²) in [7, 11) is 0. The summed E-state index contributed by atoms with van der Waals surface area (Å²) in [6.07, 6.45) is 0. The van der Waals surface area contributed by atoms with Crippen LogP contribution in [0.2, 0.25) is 0 Å². The molecular weight excluding hydrogens is 192 g/mol. The molecule has 2 N–H and O–H groups in total. The normalized spacial score (nSPS) is 16.5. The molecule has 0 saturated carbocycles. The van der Waals surface area contributed by atoms with Gasteiger partial charge in [-0.3, -0.25) is 0 Å². The van der Waals surface area contributed by atoms with Crippen LogP contribution in [0, 0.1) is 0 Å². The first-order valence-corrected chi connectivity index (χ1v) is 5.17. The fourth-order valence-electron chi connectivity index (χ4n) is 1.70. The Balaban J connectivity index is 2.02. The SMILES string of the molecule is OCNc1ccc(N2CCOCC2)cc1. The van der Waals surface area contributed by atoms with Gasteiger partial charge in [0.2, 0.25) is 0 Å². The lowest BCUT2D eigenvalue weighted by atomic mass is 10.2. The fourth-order valence-corrected chi connectivity index (χ4v) is 1.70. The number of ether oxygens (including phenoxy) is 1. The third-order valence-electron chi connectivity index (χ3n) is 2.53. The van der Waals surface area contributed by atoms with E-state index in [0.717, 1.165) is 32.0 Å². The quantitative estimate of drug-likeness (QED) is 0.724. The van der Waals surface area contributed by atoms with Gasteiger partial charge >= 0.3 is 0 Å². The van der Waals surface area contributed by atoms with E-state index in [1.807, 2.05) is 12.1 Å². The largest absolute Gasteiger partial charge is 0.378 e. The van der Waals surface area contributed by atoms with Crippen LogP contribution in [0.25, 0.3) is 0 Å². The average Bonchev–Trinajstić information content (AvgIpc) is 2.32. The molecule has 0 aromatic heterocycles. The Morgan fingerprint density at radius 2 is 1.87 bits per heavy atom. The van der Waals surface area contributed by atoms with E-state index in [2.05, 4.69) is 22.3 Å². The summed E-state index contributed by atoms with van der Waals surface area (Å²) in [6.45, 7) is 3.48. The molecule has 0 unspecified atom stereocenters. The lowest BCUT2D eigenvalue weighted by Gasteiger charge is -2.28. The summed E-state index contributed by atoms with van der Waals surface area (Å²) in [5, 5.41) is 11.5. The molecule has 0 amide bonds. The Morgan fingerprint density at radius 1 is 1.20 bits per heavy atom. The Bertz CT molecular complexity index is 294. The second-order valence-corrected chi connectivity index (χ2v) is 3.48. The maximum Gasteiger partial charge on any atom is 0.113 e. The van der Waals surface area contributed by atoms with Crippen molar-refractivity contribution >= 4 is 11.4 Å². The second-order valence-electron chi connectivity index (χ2n) is 3.48. The molecular formula is C11H16N2O2. The standard InChI is InChI=1S/C11H16N2O2/c14-9-12-10-1-3-11(4-2-10)13-5-7-15-8-6-13/h1-4,12,14H,5-9H2. The summed E-state index contributed by atoms with van der Waals surface area (Å²) in [5.74, 6) is 0. The number of nitrogens with one attached hydrogen (secondary N) is 1. The van der Waals surface area contributed by atoms with Crippen LogP contribution in [0.5, 0.6) is 0 Å². The molecule has 0 atom stereocenters. The molecule has 0 spiro atoms. The molecule has 82 valence electrons. The summed E-state index contributed by atoms with van der Waals surface area (Å²) >= 11 is 0. The molecule has 0 bridgehead atoms. The monoisotopic (exact) mass is 208 g/mol. The van der Waals surface area contributed by atoms with Crippen LogP contribution in [-0.4, -0.2) is 38.1 Å². The predicted molar refractivity (Wildman–Crippen MR) is 60.2 cm³/mol. The van der Waals surface area contributed by atoms with Gasteiger partial charge in [-0.15, -0.1) is 0 Å². The van der Waals surface area contributed by atoms with Crippen LogP contribution in [0.3, 0.4) is 0 Å². The van der Waals surface area contributed by atoms with Gasteiger partial charge in [0.15, 0.2) is 0 Å². The van der Waals surface area contributed by atoms with Crippen LogP contribution >= 0.6 is 0 Å². The van der Waals surface area contributed by atoms with E-state index in [-0.39, 0.29) is 6.73 Å². The highest BCUT2D eigenvalue weighted by Crippen LogP contribution is 2.18. The topological polar surface area (TPSA) is 44.7 Å². The molecule has 1 saturated heterocycles. The molecule has 1 aromatic rings. The number of hydrogen-bond acceptors (Lipinski definition) is 4. The maximum absolute atomic E-state index is 8.70. The van der Waals surface area contributed by atoms with Gasteiger partial charge in [-0.2, -0.15) is 0 Å². The number of nitrogens with zero attached hydrogens (tertiary/aromatic N) is 1. The second kappa shape index (κ2) is 5.00. The summed E-state index contributed by atoms with van der Waals surface area (Å²) < 4.78 is 5.30. The molecule has 15 heavy (non-hydrogen) atoms. The zero-order valence-electron chi connectivity index (χ0n) is 8.65. The van der Waals surface area contributed by atoms with Gasteiger partial charge in [-0.25, -0.2) is 0 Å². The van der Waals surface area contributed by atoms with Crippen molar-refractivity contribution in [3.8, 4) is 0 Å². The van der Waals surface area contributed by atoms with E-state index in [4.69, 9.17) is 9.84 Å². The van der Waals surface area contributed by atoms with E-state index >= 15 is 0 Å². The van der Waals surface area contributed by atoms with Crippen molar-refractivity contribution in [1.29, 1.82) is 0 Å². The minimum Gasteiger partial charge on any atom is -0.378 e. The highest BCUT2D eigenvalue weighted by molar-refractivity contribution is 5.55. The number of hydrogen-bond donors (Lipinski definition) is 2. The Morgan fingerprint density at radius 3 is 2.47 bits per heavy atom. The first kappa shape index (κ1) is 10.3. The van der Waals surface area contributed by atoms with E-state index in [9.17, 15) is 0 Å². The predicted octanol–water partition coefficient (Wildman–Crippen LogP) is 0.885. The highest BCUT2D eigenvalue weighted by atomic mass is 16.5. The molecule has 1 aromatic carbocycles. The smallest absolute Gasteiger partial charge is 0.113 e. The molecule has 1 fully saturated rings. The Hall–Kier alpha value is -1.26.